The van der Waals surface area contributed by atoms with Gasteiger partial charge in [-0.2, -0.15) is 13.2 Å². The number of hydrogen-bond donors (Lipinski definition) is 1. The summed E-state index contributed by atoms with van der Waals surface area (Å²) in [5.41, 5.74) is 1.72. The maximum atomic E-state index is 12.4. The number of ether oxygens (including phenoxy) is 1. The van der Waals surface area contributed by atoms with Gasteiger partial charge >= 0.3 is 6.18 Å². The van der Waals surface area contributed by atoms with Gasteiger partial charge in [-0.1, -0.05) is 25.5 Å². The van der Waals surface area contributed by atoms with Crippen LogP contribution < -0.4 is 0 Å². The number of alkyl halides is 3. The Labute approximate surface area is 171 Å². The van der Waals surface area contributed by atoms with Crippen LogP contribution in [0.1, 0.15) is 65.2 Å². The summed E-state index contributed by atoms with van der Waals surface area (Å²) in [5, 5.41) is 10.1. The summed E-state index contributed by atoms with van der Waals surface area (Å²) in [7, 11) is 0. The zero-order chi connectivity index (χ0) is 21.0. The van der Waals surface area contributed by atoms with Gasteiger partial charge in [-0.3, -0.25) is 4.79 Å². The lowest BCUT2D eigenvalue weighted by atomic mass is 9.47. The molecule has 7 atom stereocenters. The summed E-state index contributed by atoms with van der Waals surface area (Å²) in [6.07, 6.45) is 5.46. The average Bonchev–Trinajstić information content (AvgIpc) is 2.98. The molecule has 4 aliphatic rings. The first-order valence-electron chi connectivity index (χ1n) is 11.1. The first-order chi connectivity index (χ1) is 13.6. The Bertz CT molecular complexity index is 687. The third-order valence-corrected chi connectivity index (χ3v) is 9.14. The minimum atomic E-state index is -4.81. The van der Waals surface area contributed by atoms with Crippen LogP contribution in [0.4, 0.5) is 13.2 Å². The molecule has 0 spiro atoms. The molecule has 0 heterocycles. The quantitative estimate of drug-likeness (QED) is 0.653. The number of Topliss-reactive ketones (excluding diaryl/α,β-unsaturated/α-hetero) is 1. The number of ketones is 1. The molecule has 0 aromatic heterocycles. The zero-order valence-corrected chi connectivity index (χ0v) is 17.4. The fraction of sp³-hybridized carbons (Fsp3) is 0.870. The lowest BCUT2D eigenvalue weighted by molar-refractivity contribution is -0.176. The lowest BCUT2D eigenvalue weighted by Crippen LogP contribution is -2.50. The van der Waals surface area contributed by atoms with E-state index in [2.05, 4.69) is 19.9 Å². The Hall–Kier alpha value is -0.880. The van der Waals surface area contributed by atoms with Crippen molar-refractivity contribution < 1.29 is 27.8 Å². The van der Waals surface area contributed by atoms with Crippen LogP contribution in [0.3, 0.4) is 0 Å². The number of allylic oxidation sites excluding steroid dienone is 1. The third-order valence-electron chi connectivity index (χ3n) is 9.14. The molecule has 4 aliphatic carbocycles. The van der Waals surface area contributed by atoms with Crippen LogP contribution in [0.2, 0.25) is 0 Å². The van der Waals surface area contributed by atoms with Crippen molar-refractivity contribution >= 4 is 5.78 Å². The Balaban J connectivity index is 1.44. The van der Waals surface area contributed by atoms with Gasteiger partial charge in [0, 0.05) is 0 Å². The highest BCUT2D eigenvalue weighted by atomic mass is 19.4. The predicted molar refractivity (Wildman–Crippen MR) is 103 cm³/mol. The van der Waals surface area contributed by atoms with Crippen molar-refractivity contribution in [3.8, 4) is 0 Å². The van der Waals surface area contributed by atoms with E-state index < -0.39 is 18.6 Å². The third kappa shape index (κ3) is 3.58. The van der Waals surface area contributed by atoms with E-state index in [1.54, 1.807) is 0 Å². The molecule has 0 amide bonds. The summed E-state index contributed by atoms with van der Waals surface area (Å²) in [6, 6.07) is 0. The molecule has 7 unspecified atom stereocenters. The zero-order valence-electron chi connectivity index (χ0n) is 17.4. The van der Waals surface area contributed by atoms with Crippen molar-refractivity contribution in [2.24, 2.45) is 34.5 Å². The second-order valence-electron chi connectivity index (χ2n) is 10.4. The number of aliphatic hydroxyl groups excluding tert-OH is 1. The summed E-state index contributed by atoms with van der Waals surface area (Å²) in [5.74, 6) is 0.243. The number of carbonyl (C=O) groups excluding carboxylic acids is 1. The van der Waals surface area contributed by atoms with Crippen LogP contribution in [0.25, 0.3) is 0 Å². The normalized spacial score (nSPS) is 44.5. The van der Waals surface area contributed by atoms with Crippen LogP contribution in [0.5, 0.6) is 0 Å². The first kappa shape index (κ1) is 21.4. The minimum absolute atomic E-state index is 0.0817. The Morgan fingerprint density at radius 1 is 1.17 bits per heavy atom. The second kappa shape index (κ2) is 7.37. The molecule has 3 fully saturated rings. The van der Waals surface area contributed by atoms with Crippen LogP contribution in [0, 0.1) is 34.5 Å². The SMILES string of the molecule is CC12CCC(O)CC1=CCC1C2CCC2(C)C(COCC(=O)C(F)(F)F)CCC12. The smallest absolute Gasteiger partial charge is 0.393 e. The van der Waals surface area contributed by atoms with E-state index in [9.17, 15) is 23.1 Å². The molecule has 29 heavy (non-hydrogen) atoms. The van der Waals surface area contributed by atoms with E-state index in [1.807, 2.05) is 0 Å². The van der Waals surface area contributed by atoms with Gasteiger partial charge in [0.15, 0.2) is 0 Å². The number of halogens is 3. The maximum absolute atomic E-state index is 12.4. The Morgan fingerprint density at radius 3 is 2.66 bits per heavy atom. The van der Waals surface area contributed by atoms with Gasteiger partial charge in [-0.25, -0.2) is 0 Å². The second-order valence-corrected chi connectivity index (χ2v) is 10.4. The first-order valence-corrected chi connectivity index (χ1v) is 11.1. The molecule has 0 saturated heterocycles. The molecule has 164 valence electrons. The van der Waals surface area contributed by atoms with Crippen LogP contribution in [-0.4, -0.2) is 36.4 Å². The van der Waals surface area contributed by atoms with E-state index in [-0.39, 0.29) is 29.5 Å². The van der Waals surface area contributed by atoms with Crippen LogP contribution in [0.15, 0.2) is 11.6 Å². The summed E-state index contributed by atoms with van der Waals surface area (Å²) in [6.45, 7) is 4.07. The Kier molecular flexibility index (Phi) is 5.42. The van der Waals surface area contributed by atoms with Crippen molar-refractivity contribution in [2.75, 3.05) is 13.2 Å². The number of hydrogen-bond acceptors (Lipinski definition) is 3. The van der Waals surface area contributed by atoms with E-state index in [0.717, 1.165) is 51.4 Å². The molecule has 0 radical (unpaired) electrons. The van der Waals surface area contributed by atoms with Crippen LogP contribution >= 0.6 is 0 Å². The van der Waals surface area contributed by atoms with Gasteiger partial charge in [-0.15, -0.1) is 0 Å². The van der Waals surface area contributed by atoms with Crippen molar-refractivity contribution in [3.05, 3.63) is 11.6 Å². The van der Waals surface area contributed by atoms with Gasteiger partial charge in [0.1, 0.15) is 6.61 Å². The molecule has 1 N–H and O–H groups in total. The van der Waals surface area contributed by atoms with Gasteiger partial charge in [0.2, 0.25) is 0 Å². The fourth-order valence-corrected chi connectivity index (χ4v) is 7.40. The summed E-state index contributed by atoms with van der Waals surface area (Å²) < 4.78 is 42.5. The highest BCUT2D eigenvalue weighted by molar-refractivity contribution is 5.85. The lowest BCUT2D eigenvalue weighted by Gasteiger charge is -2.58. The highest BCUT2D eigenvalue weighted by Crippen LogP contribution is 2.66. The van der Waals surface area contributed by atoms with Gasteiger partial charge in [0.25, 0.3) is 5.78 Å². The van der Waals surface area contributed by atoms with E-state index in [4.69, 9.17) is 4.74 Å². The average molecular weight is 415 g/mol. The molecule has 0 aliphatic heterocycles. The number of carbonyl (C=O) groups is 1. The van der Waals surface area contributed by atoms with Gasteiger partial charge in [-0.05, 0) is 85.9 Å². The van der Waals surface area contributed by atoms with Crippen LogP contribution in [-0.2, 0) is 9.53 Å². The van der Waals surface area contributed by atoms with E-state index in [1.165, 1.54) is 5.57 Å². The largest absolute Gasteiger partial charge is 0.452 e. The van der Waals surface area contributed by atoms with Crippen molar-refractivity contribution in [1.29, 1.82) is 0 Å². The molecule has 0 aromatic rings. The molecule has 0 aromatic carbocycles. The molecule has 4 rings (SSSR count). The van der Waals surface area contributed by atoms with Crippen molar-refractivity contribution in [1.82, 2.24) is 0 Å². The number of aliphatic hydroxyl groups is 1. The fourth-order valence-electron chi connectivity index (χ4n) is 7.40. The van der Waals surface area contributed by atoms with E-state index >= 15 is 0 Å². The number of rotatable bonds is 4. The molecular formula is C23H33F3O3. The molecule has 3 saturated carbocycles. The molecular weight excluding hydrogens is 381 g/mol. The standard InChI is InChI=1S/C23H33F3O3/c1-21-9-7-16(27)11-14(21)3-5-17-18-6-4-15(22(18,2)10-8-19(17)21)12-29-13-20(28)23(24,25)26/h3,15-19,27H,4-13H2,1-2H3. The topological polar surface area (TPSA) is 46.5 Å². The maximum Gasteiger partial charge on any atom is 0.452 e. The molecule has 0 bridgehead atoms. The number of fused-ring (bicyclic) bond motifs is 5. The van der Waals surface area contributed by atoms with Gasteiger partial charge < -0.3 is 9.84 Å². The summed E-state index contributed by atoms with van der Waals surface area (Å²) >= 11 is 0. The molecule has 3 nitrogen and oxygen atoms in total. The minimum Gasteiger partial charge on any atom is -0.393 e. The summed E-state index contributed by atoms with van der Waals surface area (Å²) in [4.78, 5) is 11.1. The van der Waals surface area contributed by atoms with E-state index in [0.29, 0.717) is 17.8 Å². The Morgan fingerprint density at radius 2 is 1.93 bits per heavy atom. The van der Waals surface area contributed by atoms with Gasteiger partial charge in [0.05, 0.1) is 12.7 Å². The molecule has 6 heteroatoms. The van der Waals surface area contributed by atoms with Crippen molar-refractivity contribution in [3.63, 3.8) is 0 Å². The highest BCUT2D eigenvalue weighted by Gasteiger charge is 2.58. The predicted octanol–water partition coefficient (Wildman–Crippen LogP) is 5.07. The monoisotopic (exact) mass is 414 g/mol. The van der Waals surface area contributed by atoms with Crippen molar-refractivity contribution in [2.45, 2.75) is 77.5 Å².